The number of benzene rings is 1. The fourth-order valence-corrected chi connectivity index (χ4v) is 2.35. The molecule has 0 spiro atoms. The van der Waals surface area contributed by atoms with Gasteiger partial charge in [0, 0.05) is 16.8 Å². The zero-order valence-electron chi connectivity index (χ0n) is 14.6. The number of carbonyl (C=O) groups excluding carboxylic acids is 1. The van der Waals surface area contributed by atoms with E-state index in [2.05, 4.69) is 25.6 Å². The molecule has 140 valence electrons. The average Bonchev–Trinajstić information content (AvgIpc) is 3.09. The minimum absolute atomic E-state index is 0.104. The van der Waals surface area contributed by atoms with E-state index in [1.807, 2.05) is 0 Å². The summed E-state index contributed by atoms with van der Waals surface area (Å²) in [5.41, 5.74) is 7.23. The number of nitrogen functional groups attached to an aromatic ring is 1. The molecule has 0 aliphatic rings. The van der Waals surface area contributed by atoms with Crippen molar-refractivity contribution >= 4 is 23.3 Å². The number of ether oxygens (including phenoxy) is 1. The van der Waals surface area contributed by atoms with Gasteiger partial charge in [-0.2, -0.15) is 0 Å². The van der Waals surface area contributed by atoms with Crippen LogP contribution in [-0.2, 0) is 17.9 Å². The van der Waals surface area contributed by atoms with E-state index in [0.717, 1.165) is 5.56 Å². The van der Waals surface area contributed by atoms with Crippen LogP contribution < -0.4 is 15.8 Å². The first-order valence-electron chi connectivity index (χ1n) is 8.11. The highest BCUT2D eigenvalue weighted by atomic mass is 35.5. The van der Waals surface area contributed by atoms with Gasteiger partial charge in [0.1, 0.15) is 23.1 Å². The Hall–Kier alpha value is -3.20. The molecular weight excluding hydrogens is 370 g/mol. The third-order valence-corrected chi connectivity index (χ3v) is 3.84. The first kappa shape index (κ1) is 18.6. The molecule has 1 aromatic carbocycles. The van der Waals surface area contributed by atoms with Crippen molar-refractivity contribution < 1.29 is 9.53 Å². The summed E-state index contributed by atoms with van der Waals surface area (Å²) in [6, 6.07) is 6.78. The predicted molar refractivity (Wildman–Crippen MR) is 99.1 cm³/mol. The molecule has 3 N–H and O–H groups in total. The van der Waals surface area contributed by atoms with Gasteiger partial charge in [-0.05, 0) is 31.2 Å². The van der Waals surface area contributed by atoms with Crippen LogP contribution >= 0.6 is 11.6 Å². The first-order valence-corrected chi connectivity index (χ1v) is 8.49. The third kappa shape index (κ3) is 5.38. The molecule has 0 saturated carbocycles. The van der Waals surface area contributed by atoms with Gasteiger partial charge in [-0.3, -0.25) is 4.79 Å². The van der Waals surface area contributed by atoms with Crippen molar-refractivity contribution in [2.24, 2.45) is 0 Å². The molecule has 0 saturated heterocycles. The zero-order chi connectivity index (χ0) is 19.2. The maximum Gasteiger partial charge on any atom is 0.258 e. The van der Waals surface area contributed by atoms with Crippen molar-refractivity contribution in [3.05, 3.63) is 58.8 Å². The number of hydrogen-bond donors (Lipinski definition) is 2. The van der Waals surface area contributed by atoms with E-state index in [4.69, 9.17) is 22.1 Å². The summed E-state index contributed by atoms with van der Waals surface area (Å²) in [6.45, 7) is 2.30. The van der Waals surface area contributed by atoms with Crippen molar-refractivity contribution in [2.75, 3.05) is 12.3 Å². The topological polar surface area (TPSA) is 121 Å². The van der Waals surface area contributed by atoms with Gasteiger partial charge in [0.25, 0.3) is 5.91 Å². The second-order valence-corrected chi connectivity index (χ2v) is 6.19. The summed E-state index contributed by atoms with van der Waals surface area (Å²) >= 11 is 5.80. The van der Waals surface area contributed by atoms with E-state index in [9.17, 15) is 4.79 Å². The summed E-state index contributed by atoms with van der Waals surface area (Å²) in [5.74, 6) is 1.32. The van der Waals surface area contributed by atoms with Crippen LogP contribution in [0.25, 0.3) is 0 Å². The van der Waals surface area contributed by atoms with Crippen molar-refractivity contribution in [3.63, 3.8) is 0 Å². The third-order valence-electron chi connectivity index (χ3n) is 3.59. The second kappa shape index (κ2) is 8.45. The highest BCUT2D eigenvalue weighted by Crippen LogP contribution is 2.15. The van der Waals surface area contributed by atoms with E-state index in [1.165, 1.54) is 0 Å². The van der Waals surface area contributed by atoms with Gasteiger partial charge in [0.05, 0.1) is 19.3 Å². The quantitative estimate of drug-likeness (QED) is 0.627. The van der Waals surface area contributed by atoms with Gasteiger partial charge in [-0.25, -0.2) is 14.6 Å². The predicted octanol–water partition coefficient (Wildman–Crippen LogP) is 1.36. The number of hydrogen-bond acceptors (Lipinski definition) is 7. The standard InChI is InChI=1S/C17H18ClN7O2/c1-11-20-6-12(17(19)22-11)8-25-9-14(23-24-25)7-21-16(26)10-27-15-4-2-13(18)3-5-15/h2-6,9H,7-8,10H2,1H3,(H,21,26)(H2,19,20,22). The molecular formula is C17H18ClN7O2. The number of nitrogens with one attached hydrogen (secondary N) is 1. The Bertz CT molecular complexity index is 927. The van der Waals surface area contributed by atoms with Crippen LogP contribution in [-0.4, -0.2) is 37.5 Å². The number of nitrogens with zero attached hydrogens (tertiary/aromatic N) is 5. The Morgan fingerprint density at radius 3 is 2.85 bits per heavy atom. The molecule has 0 atom stereocenters. The summed E-state index contributed by atoms with van der Waals surface area (Å²) < 4.78 is 6.99. The minimum atomic E-state index is -0.268. The van der Waals surface area contributed by atoms with Gasteiger partial charge in [-0.15, -0.1) is 5.10 Å². The average molecular weight is 388 g/mol. The number of nitrogens with two attached hydrogens (primary N) is 1. The van der Waals surface area contributed by atoms with E-state index in [0.29, 0.717) is 34.7 Å². The number of aryl methyl sites for hydroxylation is 1. The lowest BCUT2D eigenvalue weighted by Gasteiger charge is -2.06. The molecule has 0 radical (unpaired) electrons. The lowest BCUT2D eigenvalue weighted by atomic mass is 10.3. The van der Waals surface area contributed by atoms with E-state index >= 15 is 0 Å². The molecule has 0 aliphatic carbocycles. The number of rotatable bonds is 7. The minimum Gasteiger partial charge on any atom is -0.484 e. The zero-order valence-corrected chi connectivity index (χ0v) is 15.3. The summed E-state index contributed by atoms with van der Waals surface area (Å²) in [4.78, 5) is 20.1. The van der Waals surface area contributed by atoms with Gasteiger partial charge in [-0.1, -0.05) is 16.8 Å². The number of amides is 1. The lowest BCUT2D eigenvalue weighted by molar-refractivity contribution is -0.123. The van der Waals surface area contributed by atoms with Crippen LogP contribution in [0, 0.1) is 6.92 Å². The normalized spacial score (nSPS) is 10.6. The maximum atomic E-state index is 11.9. The number of aromatic nitrogens is 5. The van der Waals surface area contributed by atoms with Gasteiger partial charge >= 0.3 is 0 Å². The second-order valence-electron chi connectivity index (χ2n) is 5.75. The Morgan fingerprint density at radius 1 is 1.33 bits per heavy atom. The summed E-state index contributed by atoms with van der Waals surface area (Å²) in [7, 11) is 0. The van der Waals surface area contributed by atoms with Gasteiger partial charge in [0.2, 0.25) is 0 Å². The summed E-state index contributed by atoms with van der Waals surface area (Å²) in [5, 5.41) is 11.4. The Morgan fingerprint density at radius 2 is 2.11 bits per heavy atom. The first-order chi connectivity index (χ1) is 13.0. The molecule has 3 rings (SSSR count). The van der Waals surface area contributed by atoms with Crippen molar-refractivity contribution in [2.45, 2.75) is 20.0 Å². The van der Waals surface area contributed by atoms with Crippen LogP contribution in [0.5, 0.6) is 5.75 Å². The van der Waals surface area contributed by atoms with Crippen molar-refractivity contribution in [1.29, 1.82) is 0 Å². The van der Waals surface area contributed by atoms with Crippen LogP contribution in [0.15, 0.2) is 36.7 Å². The smallest absolute Gasteiger partial charge is 0.258 e. The highest BCUT2D eigenvalue weighted by molar-refractivity contribution is 6.30. The molecule has 9 nitrogen and oxygen atoms in total. The highest BCUT2D eigenvalue weighted by Gasteiger charge is 2.08. The number of halogens is 1. The molecule has 10 heteroatoms. The molecule has 0 fully saturated rings. The molecule has 2 heterocycles. The van der Waals surface area contributed by atoms with Crippen LogP contribution in [0.1, 0.15) is 17.1 Å². The van der Waals surface area contributed by atoms with E-state index < -0.39 is 0 Å². The van der Waals surface area contributed by atoms with E-state index in [1.54, 1.807) is 48.3 Å². The molecule has 2 aromatic heterocycles. The fraction of sp³-hybridized carbons (Fsp3) is 0.235. The molecule has 0 unspecified atom stereocenters. The van der Waals surface area contributed by atoms with Crippen LogP contribution in [0.4, 0.5) is 5.82 Å². The van der Waals surface area contributed by atoms with Crippen molar-refractivity contribution in [3.8, 4) is 5.75 Å². The SMILES string of the molecule is Cc1ncc(Cn2cc(CNC(=O)COc3ccc(Cl)cc3)nn2)c(N)n1. The van der Waals surface area contributed by atoms with Crippen LogP contribution in [0.3, 0.4) is 0 Å². The molecule has 0 bridgehead atoms. The summed E-state index contributed by atoms with van der Waals surface area (Å²) in [6.07, 6.45) is 3.38. The molecule has 1 amide bonds. The lowest BCUT2D eigenvalue weighted by Crippen LogP contribution is -2.28. The van der Waals surface area contributed by atoms with E-state index in [-0.39, 0.29) is 19.1 Å². The van der Waals surface area contributed by atoms with Gasteiger partial charge < -0.3 is 15.8 Å². The molecule has 27 heavy (non-hydrogen) atoms. The van der Waals surface area contributed by atoms with Crippen LogP contribution in [0.2, 0.25) is 5.02 Å². The van der Waals surface area contributed by atoms with Crippen molar-refractivity contribution in [1.82, 2.24) is 30.3 Å². The van der Waals surface area contributed by atoms with Gasteiger partial charge in [0.15, 0.2) is 6.61 Å². The Kier molecular flexibility index (Phi) is 5.82. The number of carbonyl (C=O) groups is 1. The Labute approximate surface area is 160 Å². The Balaban J connectivity index is 1.47. The monoisotopic (exact) mass is 387 g/mol. The fourth-order valence-electron chi connectivity index (χ4n) is 2.23. The maximum absolute atomic E-state index is 11.9. The largest absolute Gasteiger partial charge is 0.484 e. The molecule has 0 aliphatic heterocycles. The number of anilines is 1. The molecule has 3 aromatic rings.